The van der Waals surface area contributed by atoms with Gasteiger partial charge in [-0.25, -0.2) is 13.2 Å². The van der Waals surface area contributed by atoms with Crippen LogP contribution in [0.15, 0.2) is 18.2 Å². The second-order valence-electron chi connectivity index (χ2n) is 3.72. The van der Waals surface area contributed by atoms with Crippen LogP contribution < -0.4 is 0 Å². The Balaban J connectivity index is 2.59. The van der Waals surface area contributed by atoms with Crippen molar-refractivity contribution in [1.29, 1.82) is 0 Å². The molecular weight excluding hydrogens is 245 g/mol. The van der Waals surface area contributed by atoms with Gasteiger partial charge in [0.15, 0.2) is 5.41 Å². The standard InChI is InChI=1S/C10H6ClF3O2/c11-5-1-2-7(12)6(3-5)9(8(15)16)4-10(9,13)14/h1-3H,4H2,(H,15,16). The van der Waals surface area contributed by atoms with Crippen LogP contribution in [-0.2, 0) is 10.2 Å². The van der Waals surface area contributed by atoms with Crippen LogP contribution in [0.3, 0.4) is 0 Å². The summed E-state index contributed by atoms with van der Waals surface area (Å²) in [4.78, 5) is 10.9. The van der Waals surface area contributed by atoms with E-state index in [0.717, 1.165) is 12.1 Å². The van der Waals surface area contributed by atoms with Gasteiger partial charge in [-0.1, -0.05) is 11.6 Å². The predicted octanol–water partition coefficient (Wildman–Crippen LogP) is 2.84. The van der Waals surface area contributed by atoms with Crippen LogP contribution in [-0.4, -0.2) is 17.0 Å². The molecule has 1 aromatic carbocycles. The number of rotatable bonds is 2. The van der Waals surface area contributed by atoms with Gasteiger partial charge in [0.05, 0.1) is 0 Å². The molecule has 2 rings (SSSR count). The summed E-state index contributed by atoms with van der Waals surface area (Å²) in [5, 5.41) is 8.85. The number of halogens is 4. The van der Waals surface area contributed by atoms with Gasteiger partial charge in [-0.2, -0.15) is 0 Å². The number of aliphatic carboxylic acids is 1. The Morgan fingerprint density at radius 1 is 1.44 bits per heavy atom. The molecule has 0 radical (unpaired) electrons. The molecule has 1 fully saturated rings. The van der Waals surface area contributed by atoms with E-state index in [1.54, 1.807) is 0 Å². The molecular formula is C10H6ClF3O2. The van der Waals surface area contributed by atoms with Gasteiger partial charge in [-0.15, -0.1) is 0 Å². The van der Waals surface area contributed by atoms with Crippen LogP contribution in [0.4, 0.5) is 13.2 Å². The van der Waals surface area contributed by atoms with Crippen molar-refractivity contribution in [3.8, 4) is 0 Å². The Hall–Kier alpha value is -1.23. The highest BCUT2D eigenvalue weighted by Crippen LogP contribution is 2.62. The average molecular weight is 251 g/mol. The minimum Gasteiger partial charge on any atom is -0.480 e. The summed E-state index contributed by atoms with van der Waals surface area (Å²) in [7, 11) is 0. The minimum atomic E-state index is -3.43. The van der Waals surface area contributed by atoms with E-state index in [1.165, 1.54) is 6.07 Å². The first kappa shape index (κ1) is 11.3. The maximum Gasteiger partial charge on any atom is 0.320 e. The molecule has 1 saturated carbocycles. The van der Waals surface area contributed by atoms with E-state index in [9.17, 15) is 18.0 Å². The van der Waals surface area contributed by atoms with E-state index >= 15 is 0 Å². The molecule has 0 aromatic heterocycles. The Morgan fingerprint density at radius 2 is 2.00 bits per heavy atom. The van der Waals surface area contributed by atoms with E-state index in [1.807, 2.05) is 0 Å². The van der Waals surface area contributed by atoms with Gasteiger partial charge < -0.3 is 5.11 Å². The lowest BCUT2D eigenvalue weighted by Crippen LogP contribution is -2.28. The number of carboxylic acids is 1. The van der Waals surface area contributed by atoms with E-state index in [4.69, 9.17) is 16.7 Å². The van der Waals surface area contributed by atoms with Gasteiger partial charge in [0.1, 0.15) is 5.82 Å². The summed E-state index contributed by atoms with van der Waals surface area (Å²) in [5.41, 5.74) is -3.01. The van der Waals surface area contributed by atoms with Crippen molar-refractivity contribution in [2.24, 2.45) is 0 Å². The fourth-order valence-corrected chi connectivity index (χ4v) is 1.93. The first-order valence-electron chi connectivity index (χ1n) is 4.38. The van der Waals surface area contributed by atoms with Crippen LogP contribution >= 0.6 is 11.6 Å². The first-order chi connectivity index (χ1) is 7.31. The molecule has 0 heterocycles. The summed E-state index contributed by atoms with van der Waals surface area (Å²) in [6.07, 6.45) is -0.896. The highest BCUT2D eigenvalue weighted by Gasteiger charge is 2.78. The molecule has 0 spiro atoms. The smallest absolute Gasteiger partial charge is 0.320 e. The van der Waals surface area contributed by atoms with Gasteiger partial charge in [-0.05, 0) is 18.2 Å². The Kier molecular flexibility index (Phi) is 2.21. The monoisotopic (exact) mass is 250 g/mol. The second-order valence-corrected chi connectivity index (χ2v) is 4.15. The highest BCUT2D eigenvalue weighted by molar-refractivity contribution is 6.30. The molecule has 0 amide bonds. The number of carboxylic acid groups (broad SMARTS) is 1. The van der Waals surface area contributed by atoms with E-state index in [2.05, 4.69) is 0 Å². The Labute approximate surface area is 93.6 Å². The number of benzene rings is 1. The molecule has 1 aliphatic carbocycles. The molecule has 0 bridgehead atoms. The topological polar surface area (TPSA) is 37.3 Å². The molecule has 0 saturated heterocycles. The number of hydrogen-bond acceptors (Lipinski definition) is 1. The largest absolute Gasteiger partial charge is 0.480 e. The van der Waals surface area contributed by atoms with Crippen molar-refractivity contribution < 1.29 is 23.1 Å². The van der Waals surface area contributed by atoms with Crippen molar-refractivity contribution in [3.05, 3.63) is 34.6 Å². The summed E-state index contributed by atoms with van der Waals surface area (Å²) in [6.45, 7) is 0. The third-order valence-corrected chi connectivity index (χ3v) is 2.97. The first-order valence-corrected chi connectivity index (χ1v) is 4.76. The fourth-order valence-electron chi connectivity index (χ4n) is 1.75. The summed E-state index contributed by atoms with van der Waals surface area (Å²) in [6, 6.07) is 3.00. The SMILES string of the molecule is O=C(O)C1(c2cc(Cl)ccc2F)CC1(F)F. The molecule has 0 aliphatic heterocycles. The lowest BCUT2D eigenvalue weighted by atomic mass is 9.95. The zero-order valence-electron chi connectivity index (χ0n) is 7.81. The zero-order chi connectivity index (χ0) is 12.1. The van der Waals surface area contributed by atoms with Crippen molar-refractivity contribution in [3.63, 3.8) is 0 Å². The van der Waals surface area contributed by atoms with Crippen LogP contribution in [0.25, 0.3) is 0 Å². The highest BCUT2D eigenvalue weighted by atomic mass is 35.5. The molecule has 1 aromatic rings. The third kappa shape index (κ3) is 1.31. The van der Waals surface area contributed by atoms with Crippen LogP contribution in [0.1, 0.15) is 12.0 Å². The van der Waals surface area contributed by atoms with E-state index in [0.29, 0.717) is 0 Å². The maximum absolute atomic E-state index is 13.4. The summed E-state index contributed by atoms with van der Waals surface area (Å²) < 4.78 is 39.6. The average Bonchev–Trinajstić information content (AvgIpc) is 2.75. The molecule has 2 nitrogen and oxygen atoms in total. The second kappa shape index (κ2) is 3.13. The van der Waals surface area contributed by atoms with Crippen LogP contribution in [0, 0.1) is 5.82 Å². The molecule has 1 atom stereocenters. The van der Waals surface area contributed by atoms with Crippen molar-refractivity contribution in [1.82, 2.24) is 0 Å². The molecule has 1 N–H and O–H groups in total. The van der Waals surface area contributed by atoms with Gasteiger partial charge in [0.2, 0.25) is 0 Å². The predicted molar refractivity (Wildman–Crippen MR) is 50.3 cm³/mol. The van der Waals surface area contributed by atoms with Gasteiger partial charge >= 0.3 is 5.97 Å². The Bertz CT molecular complexity index is 475. The van der Waals surface area contributed by atoms with E-state index < -0.39 is 35.1 Å². The summed E-state index contributed by atoms with van der Waals surface area (Å²) >= 11 is 5.54. The molecule has 16 heavy (non-hydrogen) atoms. The number of carbonyl (C=O) groups is 1. The van der Waals surface area contributed by atoms with Crippen molar-refractivity contribution in [2.45, 2.75) is 17.8 Å². The van der Waals surface area contributed by atoms with Gasteiger partial charge in [-0.3, -0.25) is 4.79 Å². The molecule has 1 aliphatic rings. The molecule has 1 unspecified atom stereocenters. The van der Waals surface area contributed by atoms with Crippen LogP contribution in [0.5, 0.6) is 0 Å². The summed E-state index contributed by atoms with van der Waals surface area (Å²) in [5.74, 6) is -6.15. The quantitative estimate of drug-likeness (QED) is 0.876. The third-order valence-electron chi connectivity index (χ3n) is 2.74. The fraction of sp³-hybridized carbons (Fsp3) is 0.300. The maximum atomic E-state index is 13.4. The Morgan fingerprint density at radius 3 is 2.44 bits per heavy atom. The van der Waals surface area contributed by atoms with Crippen LogP contribution in [0.2, 0.25) is 5.02 Å². The lowest BCUT2D eigenvalue weighted by molar-refractivity contribution is -0.143. The van der Waals surface area contributed by atoms with Gasteiger partial charge in [0, 0.05) is 17.0 Å². The molecule has 6 heteroatoms. The number of hydrogen-bond donors (Lipinski definition) is 1. The van der Waals surface area contributed by atoms with E-state index in [-0.39, 0.29) is 5.02 Å². The number of alkyl halides is 2. The normalized spacial score (nSPS) is 26.5. The minimum absolute atomic E-state index is 0.0275. The zero-order valence-corrected chi connectivity index (χ0v) is 8.56. The molecule has 86 valence electrons. The van der Waals surface area contributed by atoms with Crippen molar-refractivity contribution in [2.75, 3.05) is 0 Å². The van der Waals surface area contributed by atoms with Gasteiger partial charge in [0.25, 0.3) is 5.92 Å². The van der Waals surface area contributed by atoms with Crippen molar-refractivity contribution >= 4 is 17.6 Å². The lowest BCUT2D eigenvalue weighted by Gasteiger charge is -2.12.